The molecule has 152 valence electrons. The molecule has 2 aliphatic rings. The third-order valence-electron chi connectivity index (χ3n) is 5.68. The largest absolute Gasteiger partial charge is 0.393 e. The van der Waals surface area contributed by atoms with E-state index in [1.165, 1.54) is 24.9 Å². The number of halogens is 1. The topological polar surface area (TPSA) is 59.9 Å². The molecule has 1 saturated carbocycles. The first-order chi connectivity index (χ1) is 12.8. The number of guanidine groups is 1. The fourth-order valence-electron chi connectivity index (χ4n) is 4.15. The fourth-order valence-corrected chi connectivity index (χ4v) is 4.15. The zero-order valence-corrected chi connectivity index (χ0v) is 18.8. The Morgan fingerprint density at radius 3 is 2.67 bits per heavy atom. The summed E-state index contributed by atoms with van der Waals surface area (Å²) in [7, 11) is 0. The SMILES string of the molecule is CCNC(=NCC1CCCC1O)NCC1CCCN1Cc1ccccc1.I. The van der Waals surface area contributed by atoms with Crippen LogP contribution in [0.15, 0.2) is 35.3 Å². The summed E-state index contributed by atoms with van der Waals surface area (Å²) in [6, 6.07) is 11.3. The number of aliphatic hydroxyl groups excluding tert-OH is 1. The Labute approximate surface area is 181 Å². The van der Waals surface area contributed by atoms with Crippen molar-refractivity contribution in [3.8, 4) is 0 Å². The first-order valence-electron chi connectivity index (χ1n) is 10.2. The molecule has 6 heteroatoms. The number of rotatable bonds is 7. The quantitative estimate of drug-likeness (QED) is 0.315. The summed E-state index contributed by atoms with van der Waals surface area (Å²) in [5.74, 6) is 1.21. The molecule has 1 heterocycles. The second kappa shape index (κ2) is 11.9. The van der Waals surface area contributed by atoms with Crippen LogP contribution in [0.5, 0.6) is 0 Å². The van der Waals surface area contributed by atoms with Crippen molar-refractivity contribution in [2.45, 2.75) is 57.7 Å². The van der Waals surface area contributed by atoms with E-state index in [2.05, 4.69) is 52.8 Å². The van der Waals surface area contributed by atoms with Gasteiger partial charge >= 0.3 is 0 Å². The van der Waals surface area contributed by atoms with Gasteiger partial charge in [0.25, 0.3) is 0 Å². The van der Waals surface area contributed by atoms with Crippen LogP contribution >= 0.6 is 24.0 Å². The number of nitrogens with zero attached hydrogens (tertiary/aromatic N) is 2. The Kier molecular flexibility index (Phi) is 9.86. The van der Waals surface area contributed by atoms with Crippen molar-refractivity contribution in [2.75, 3.05) is 26.2 Å². The zero-order chi connectivity index (χ0) is 18.2. The van der Waals surface area contributed by atoms with E-state index in [1.807, 2.05) is 0 Å². The molecule has 1 aliphatic carbocycles. The highest BCUT2D eigenvalue weighted by molar-refractivity contribution is 14.0. The van der Waals surface area contributed by atoms with Gasteiger partial charge in [0.15, 0.2) is 5.96 Å². The maximum atomic E-state index is 9.99. The molecule has 0 radical (unpaired) electrons. The van der Waals surface area contributed by atoms with Crippen LogP contribution < -0.4 is 10.6 Å². The van der Waals surface area contributed by atoms with E-state index in [0.717, 1.165) is 51.4 Å². The van der Waals surface area contributed by atoms with Crippen molar-refractivity contribution < 1.29 is 5.11 Å². The highest BCUT2D eigenvalue weighted by atomic mass is 127. The number of aliphatic imine (C=N–C) groups is 1. The van der Waals surface area contributed by atoms with Gasteiger partial charge in [-0.05, 0) is 44.7 Å². The second-order valence-electron chi connectivity index (χ2n) is 7.61. The van der Waals surface area contributed by atoms with Gasteiger partial charge in [-0.2, -0.15) is 0 Å². The lowest BCUT2D eigenvalue weighted by atomic mass is 10.1. The molecule has 1 saturated heterocycles. The van der Waals surface area contributed by atoms with Gasteiger partial charge in [0, 0.05) is 38.1 Å². The van der Waals surface area contributed by atoms with Crippen molar-refractivity contribution in [3.05, 3.63) is 35.9 Å². The van der Waals surface area contributed by atoms with Crippen LogP contribution in [0, 0.1) is 5.92 Å². The Morgan fingerprint density at radius 1 is 1.15 bits per heavy atom. The first kappa shape index (κ1) is 22.4. The molecule has 0 amide bonds. The van der Waals surface area contributed by atoms with E-state index in [9.17, 15) is 5.11 Å². The second-order valence-corrected chi connectivity index (χ2v) is 7.61. The van der Waals surface area contributed by atoms with Gasteiger partial charge in [-0.15, -0.1) is 24.0 Å². The van der Waals surface area contributed by atoms with Crippen molar-refractivity contribution in [3.63, 3.8) is 0 Å². The summed E-state index contributed by atoms with van der Waals surface area (Å²) < 4.78 is 0. The number of likely N-dealkylation sites (tertiary alicyclic amines) is 1. The molecule has 0 bridgehead atoms. The van der Waals surface area contributed by atoms with Crippen molar-refractivity contribution in [1.82, 2.24) is 15.5 Å². The smallest absolute Gasteiger partial charge is 0.191 e. The maximum absolute atomic E-state index is 9.99. The molecule has 3 unspecified atom stereocenters. The first-order valence-corrected chi connectivity index (χ1v) is 10.2. The number of hydrogen-bond donors (Lipinski definition) is 3. The van der Waals surface area contributed by atoms with Crippen LogP contribution in [0.3, 0.4) is 0 Å². The monoisotopic (exact) mass is 486 g/mol. The molecule has 5 nitrogen and oxygen atoms in total. The number of benzene rings is 1. The summed E-state index contributed by atoms with van der Waals surface area (Å²) in [6.07, 6.45) is 5.49. The molecule has 1 aromatic carbocycles. The average Bonchev–Trinajstić information content (AvgIpc) is 3.27. The predicted octanol–water partition coefficient (Wildman–Crippen LogP) is 2.99. The lowest BCUT2D eigenvalue weighted by Gasteiger charge is -2.25. The summed E-state index contributed by atoms with van der Waals surface area (Å²) in [4.78, 5) is 7.31. The fraction of sp³-hybridized carbons (Fsp3) is 0.667. The molecule has 2 fully saturated rings. The van der Waals surface area contributed by atoms with Crippen LogP contribution in [0.4, 0.5) is 0 Å². The summed E-state index contributed by atoms with van der Waals surface area (Å²) in [6.45, 7) is 6.79. The van der Waals surface area contributed by atoms with Gasteiger partial charge in [-0.3, -0.25) is 9.89 Å². The molecular formula is C21H35IN4O. The van der Waals surface area contributed by atoms with Crippen LogP contribution in [0.25, 0.3) is 0 Å². The molecule has 3 N–H and O–H groups in total. The predicted molar refractivity (Wildman–Crippen MR) is 123 cm³/mol. The zero-order valence-electron chi connectivity index (χ0n) is 16.4. The van der Waals surface area contributed by atoms with Gasteiger partial charge in [0.1, 0.15) is 0 Å². The third-order valence-corrected chi connectivity index (χ3v) is 5.68. The van der Waals surface area contributed by atoms with Crippen LogP contribution in [-0.2, 0) is 6.54 Å². The minimum atomic E-state index is -0.169. The summed E-state index contributed by atoms with van der Waals surface area (Å²) in [5.41, 5.74) is 1.38. The normalized spacial score (nSPS) is 26.0. The van der Waals surface area contributed by atoms with Crippen LogP contribution in [0.2, 0.25) is 0 Å². The molecule has 3 atom stereocenters. The highest BCUT2D eigenvalue weighted by Crippen LogP contribution is 2.25. The molecule has 1 aliphatic heterocycles. The van der Waals surface area contributed by atoms with E-state index in [1.54, 1.807) is 0 Å². The highest BCUT2D eigenvalue weighted by Gasteiger charge is 2.26. The van der Waals surface area contributed by atoms with E-state index in [4.69, 9.17) is 4.99 Å². The minimum Gasteiger partial charge on any atom is -0.393 e. The van der Waals surface area contributed by atoms with Gasteiger partial charge in [-0.25, -0.2) is 0 Å². The number of hydrogen-bond acceptors (Lipinski definition) is 3. The Balaban J connectivity index is 0.00000261. The van der Waals surface area contributed by atoms with Crippen LogP contribution in [-0.4, -0.2) is 54.3 Å². The Morgan fingerprint density at radius 2 is 1.96 bits per heavy atom. The number of aliphatic hydroxyl groups is 1. The van der Waals surface area contributed by atoms with Crippen molar-refractivity contribution >= 4 is 29.9 Å². The van der Waals surface area contributed by atoms with Gasteiger partial charge in [0.05, 0.1) is 6.10 Å². The molecular weight excluding hydrogens is 451 g/mol. The summed E-state index contributed by atoms with van der Waals surface area (Å²) >= 11 is 0. The van der Waals surface area contributed by atoms with Gasteiger partial charge < -0.3 is 15.7 Å². The van der Waals surface area contributed by atoms with E-state index < -0.39 is 0 Å². The molecule has 0 aromatic heterocycles. The van der Waals surface area contributed by atoms with Crippen molar-refractivity contribution in [1.29, 1.82) is 0 Å². The van der Waals surface area contributed by atoms with E-state index >= 15 is 0 Å². The average molecular weight is 486 g/mol. The molecule has 3 rings (SSSR count). The van der Waals surface area contributed by atoms with Gasteiger partial charge in [0.2, 0.25) is 0 Å². The lowest BCUT2D eigenvalue weighted by molar-refractivity contribution is 0.136. The Bertz CT molecular complexity index is 569. The standard InChI is InChI=1S/C21H34N4O.HI/c1-2-22-21(23-14-18-10-6-12-20(18)26)24-15-19-11-7-13-25(19)16-17-8-4-3-5-9-17;/h3-5,8-9,18-20,26H,2,6-7,10-16H2,1H3,(H2,22,23,24);1H. The minimum absolute atomic E-state index is 0. The molecule has 1 aromatic rings. The van der Waals surface area contributed by atoms with E-state index in [-0.39, 0.29) is 30.1 Å². The summed E-state index contributed by atoms with van der Waals surface area (Å²) in [5, 5.41) is 16.9. The molecule has 27 heavy (non-hydrogen) atoms. The van der Waals surface area contributed by atoms with Gasteiger partial charge in [-0.1, -0.05) is 36.8 Å². The van der Waals surface area contributed by atoms with E-state index in [0.29, 0.717) is 12.0 Å². The van der Waals surface area contributed by atoms with Crippen molar-refractivity contribution in [2.24, 2.45) is 10.9 Å². The van der Waals surface area contributed by atoms with Crippen LogP contribution in [0.1, 0.15) is 44.6 Å². The lowest BCUT2D eigenvalue weighted by Crippen LogP contribution is -2.45. The molecule has 0 spiro atoms. The maximum Gasteiger partial charge on any atom is 0.191 e. The third kappa shape index (κ3) is 6.91. The Hall–Kier alpha value is -0.860. The number of nitrogens with one attached hydrogen (secondary N) is 2.